The van der Waals surface area contributed by atoms with Crippen LogP contribution >= 0.6 is 27.3 Å². The van der Waals surface area contributed by atoms with Crippen molar-refractivity contribution in [1.82, 2.24) is 5.32 Å². The molecule has 2 N–H and O–H groups in total. The molecular formula is C11H18BrNOS. The van der Waals surface area contributed by atoms with Gasteiger partial charge in [0.1, 0.15) is 0 Å². The van der Waals surface area contributed by atoms with Gasteiger partial charge in [-0.1, -0.05) is 13.8 Å². The summed E-state index contributed by atoms with van der Waals surface area (Å²) in [6.45, 7) is 5.48. The number of halogens is 1. The van der Waals surface area contributed by atoms with Gasteiger partial charge in [-0.05, 0) is 39.7 Å². The summed E-state index contributed by atoms with van der Waals surface area (Å²) in [5, 5.41) is 14.5. The molecule has 0 radical (unpaired) electrons. The summed E-state index contributed by atoms with van der Waals surface area (Å²) in [4.78, 5) is 1.32. The molecule has 0 aliphatic heterocycles. The molecule has 1 heterocycles. The minimum atomic E-state index is 0.251. The summed E-state index contributed by atoms with van der Waals surface area (Å²) < 4.78 is 1.17. The lowest BCUT2D eigenvalue weighted by Gasteiger charge is -2.21. The summed E-state index contributed by atoms with van der Waals surface area (Å²) in [5.41, 5.74) is 0. The molecular weight excluding hydrogens is 274 g/mol. The van der Waals surface area contributed by atoms with Crippen LogP contribution in [0.5, 0.6) is 0 Å². The molecule has 0 saturated carbocycles. The van der Waals surface area contributed by atoms with Gasteiger partial charge in [0, 0.05) is 28.5 Å². The standard InChI is InChI=1S/C11H18BrNOS/c1-8(2)10(3-5-14)13-7-11-9(12)4-6-15-11/h4,6,8,10,13-14H,3,5,7H2,1-2H3. The molecule has 2 nitrogen and oxygen atoms in total. The number of thiophene rings is 1. The third kappa shape index (κ3) is 4.23. The Morgan fingerprint density at radius 3 is 2.73 bits per heavy atom. The van der Waals surface area contributed by atoms with Gasteiger partial charge in [-0.3, -0.25) is 0 Å². The van der Waals surface area contributed by atoms with Gasteiger partial charge >= 0.3 is 0 Å². The van der Waals surface area contributed by atoms with Gasteiger partial charge in [0.05, 0.1) is 0 Å². The maximum Gasteiger partial charge on any atom is 0.0445 e. The van der Waals surface area contributed by atoms with Gasteiger partial charge in [0.25, 0.3) is 0 Å². The zero-order valence-electron chi connectivity index (χ0n) is 9.16. The van der Waals surface area contributed by atoms with E-state index in [1.165, 1.54) is 9.35 Å². The lowest BCUT2D eigenvalue weighted by molar-refractivity contribution is 0.244. The van der Waals surface area contributed by atoms with Crippen molar-refractivity contribution in [3.8, 4) is 0 Å². The number of rotatable bonds is 6. The van der Waals surface area contributed by atoms with Crippen LogP contribution in [0.25, 0.3) is 0 Å². The van der Waals surface area contributed by atoms with Crippen molar-refractivity contribution in [2.75, 3.05) is 6.61 Å². The van der Waals surface area contributed by atoms with Crippen LogP contribution in [-0.2, 0) is 6.54 Å². The summed E-state index contributed by atoms with van der Waals surface area (Å²) in [6.07, 6.45) is 0.820. The highest BCUT2D eigenvalue weighted by Gasteiger charge is 2.12. The van der Waals surface area contributed by atoms with Crippen LogP contribution < -0.4 is 5.32 Å². The molecule has 0 aromatic carbocycles. The molecule has 86 valence electrons. The Balaban J connectivity index is 2.43. The first-order valence-corrected chi connectivity index (χ1v) is 6.88. The van der Waals surface area contributed by atoms with Crippen LogP contribution in [0.4, 0.5) is 0 Å². The summed E-state index contributed by atoms with van der Waals surface area (Å²) in [5.74, 6) is 0.552. The highest BCUT2D eigenvalue weighted by Crippen LogP contribution is 2.22. The Hall–Kier alpha value is 0.100. The quantitative estimate of drug-likeness (QED) is 0.845. The average Bonchev–Trinajstić information content (AvgIpc) is 2.58. The molecule has 0 amide bonds. The van der Waals surface area contributed by atoms with Crippen molar-refractivity contribution in [2.24, 2.45) is 5.92 Å². The number of hydrogen-bond donors (Lipinski definition) is 2. The molecule has 0 bridgehead atoms. The molecule has 0 aliphatic carbocycles. The van der Waals surface area contributed by atoms with E-state index in [2.05, 4.69) is 46.5 Å². The second kappa shape index (κ2) is 6.63. The third-order valence-electron chi connectivity index (χ3n) is 2.46. The first kappa shape index (κ1) is 13.2. The smallest absolute Gasteiger partial charge is 0.0445 e. The number of aliphatic hydroxyl groups excluding tert-OH is 1. The first-order chi connectivity index (χ1) is 7.15. The summed E-state index contributed by atoms with van der Waals surface area (Å²) in [6, 6.07) is 2.46. The van der Waals surface area contributed by atoms with E-state index < -0.39 is 0 Å². The minimum Gasteiger partial charge on any atom is -0.396 e. The predicted octanol–water partition coefficient (Wildman–Crippen LogP) is 3.01. The Labute approximate surface area is 104 Å². The van der Waals surface area contributed by atoms with Crippen LogP contribution in [-0.4, -0.2) is 17.8 Å². The van der Waals surface area contributed by atoms with Gasteiger partial charge in [-0.15, -0.1) is 11.3 Å². The van der Waals surface area contributed by atoms with E-state index in [4.69, 9.17) is 5.11 Å². The summed E-state index contributed by atoms with van der Waals surface area (Å²) >= 11 is 5.26. The van der Waals surface area contributed by atoms with Crippen LogP contribution in [0, 0.1) is 5.92 Å². The first-order valence-electron chi connectivity index (χ1n) is 5.21. The summed E-state index contributed by atoms with van der Waals surface area (Å²) in [7, 11) is 0. The van der Waals surface area contributed by atoms with Gasteiger partial charge in [0.15, 0.2) is 0 Å². The fourth-order valence-corrected chi connectivity index (χ4v) is 2.93. The number of nitrogens with one attached hydrogen (secondary N) is 1. The Bertz CT molecular complexity index is 288. The maximum absolute atomic E-state index is 8.95. The normalized spacial score (nSPS) is 13.4. The van der Waals surface area contributed by atoms with E-state index in [1.807, 2.05) is 0 Å². The molecule has 0 spiro atoms. The molecule has 0 aliphatic rings. The van der Waals surface area contributed by atoms with Crippen molar-refractivity contribution in [3.05, 3.63) is 20.8 Å². The SMILES string of the molecule is CC(C)C(CCO)NCc1sccc1Br. The molecule has 1 aromatic rings. The van der Waals surface area contributed by atoms with Crippen molar-refractivity contribution in [1.29, 1.82) is 0 Å². The molecule has 4 heteroatoms. The monoisotopic (exact) mass is 291 g/mol. The van der Waals surface area contributed by atoms with Crippen molar-refractivity contribution < 1.29 is 5.11 Å². The molecule has 15 heavy (non-hydrogen) atoms. The third-order valence-corrected chi connectivity index (χ3v) is 4.39. The number of hydrogen-bond acceptors (Lipinski definition) is 3. The molecule has 1 unspecified atom stereocenters. The average molecular weight is 292 g/mol. The fourth-order valence-electron chi connectivity index (χ4n) is 1.49. The van der Waals surface area contributed by atoms with E-state index >= 15 is 0 Å². The largest absolute Gasteiger partial charge is 0.396 e. The van der Waals surface area contributed by atoms with E-state index in [0.29, 0.717) is 12.0 Å². The highest BCUT2D eigenvalue weighted by molar-refractivity contribution is 9.10. The Kier molecular flexibility index (Phi) is 5.82. The van der Waals surface area contributed by atoms with Crippen LogP contribution in [0.15, 0.2) is 15.9 Å². The van der Waals surface area contributed by atoms with Crippen molar-refractivity contribution >= 4 is 27.3 Å². The molecule has 1 aromatic heterocycles. The van der Waals surface area contributed by atoms with Crippen molar-refractivity contribution in [2.45, 2.75) is 32.9 Å². The van der Waals surface area contributed by atoms with E-state index in [0.717, 1.165) is 13.0 Å². The van der Waals surface area contributed by atoms with Crippen LogP contribution in [0.1, 0.15) is 25.1 Å². The molecule has 1 rings (SSSR count). The Morgan fingerprint density at radius 2 is 2.27 bits per heavy atom. The zero-order valence-corrected chi connectivity index (χ0v) is 11.6. The molecule has 1 atom stereocenters. The molecule has 0 fully saturated rings. The van der Waals surface area contributed by atoms with Gasteiger partial charge < -0.3 is 10.4 Å². The van der Waals surface area contributed by atoms with Crippen LogP contribution in [0.3, 0.4) is 0 Å². The second-order valence-electron chi connectivity index (χ2n) is 3.94. The fraction of sp³-hybridized carbons (Fsp3) is 0.636. The van der Waals surface area contributed by atoms with E-state index in [-0.39, 0.29) is 6.61 Å². The lowest BCUT2D eigenvalue weighted by Crippen LogP contribution is -2.34. The van der Waals surface area contributed by atoms with E-state index in [9.17, 15) is 0 Å². The zero-order chi connectivity index (χ0) is 11.3. The van der Waals surface area contributed by atoms with Crippen molar-refractivity contribution in [3.63, 3.8) is 0 Å². The highest BCUT2D eigenvalue weighted by atomic mass is 79.9. The maximum atomic E-state index is 8.95. The predicted molar refractivity (Wildman–Crippen MR) is 69.2 cm³/mol. The molecule has 0 saturated heterocycles. The van der Waals surface area contributed by atoms with E-state index in [1.54, 1.807) is 11.3 Å². The van der Waals surface area contributed by atoms with Gasteiger partial charge in [-0.2, -0.15) is 0 Å². The van der Waals surface area contributed by atoms with Gasteiger partial charge in [-0.25, -0.2) is 0 Å². The topological polar surface area (TPSA) is 32.3 Å². The lowest BCUT2D eigenvalue weighted by atomic mass is 10.0. The van der Waals surface area contributed by atoms with Crippen LogP contribution in [0.2, 0.25) is 0 Å². The second-order valence-corrected chi connectivity index (χ2v) is 5.79. The minimum absolute atomic E-state index is 0.251. The number of aliphatic hydroxyl groups is 1. The van der Waals surface area contributed by atoms with Gasteiger partial charge in [0.2, 0.25) is 0 Å². The Morgan fingerprint density at radius 1 is 1.53 bits per heavy atom.